The van der Waals surface area contributed by atoms with E-state index < -0.39 is 5.60 Å². The van der Waals surface area contributed by atoms with Crippen molar-refractivity contribution in [1.82, 2.24) is 10.6 Å². The molecule has 0 radical (unpaired) electrons. The molecule has 0 aromatic heterocycles. The van der Waals surface area contributed by atoms with Gasteiger partial charge in [0.05, 0.1) is 13.1 Å². The zero-order valence-corrected chi connectivity index (χ0v) is 14.7. The number of fused-ring (bicyclic) bond motifs is 1. The summed E-state index contributed by atoms with van der Waals surface area (Å²) >= 11 is 0. The van der Waals surface area contributed by atoms with Crippen molar-refractivity contribution in [2.45, 2.75) is 57.0 Å². The molecule has 2 aliphatic carbocycles. The molecule has 0 aliphatic heterocycles. The number of carbonyl (C=O) groups excluding carboxylic acids is 2. The second kappa shape index (κ2) is 8.00. The molecule has 1 saturated carbocycles. The summed E-state index contributed by atoms with van der Waals surface area (Å²) in [6, 6.07) is 7.86. The molecule has 5 heteroatoms. The van der Waals surface area contributed by atoms with E-state index in [0.29, 0.717) is 18.8 Å². The first kappa shape index (κ1) is 17.9. The lowest BCUT2D eigenvalue weighted by Gasteiger charge is -2.34. The van der Waals surface area contributed by atoms with E-state index in [9.17, 15) is 14.7 Å². The summed E-state index contributed by atoms with van der Waals surface area (Å²) in [5.41, 5.74) is 1.04. The van der Waals surface area contributed by atoms with Gasteiger partial charge in [0, 0.05) is 6.42 Å². The van der Waals surface area contributed by atoms with Gasteiger partial charge in [0.2, 0.25) is 11.8 Å². The monoisotopic (exact) mass is 344 g/mol. The second-order valence-corrected chi connectivity index (χ2v) is 7.45. The molecule has 25 heavy (non-hydrogen) atoms. The van der Waals surface area contributed by atoms with Crippen LogP contribution >= 0.6 is 0 Å². The zero-order chi connectivity index (χ0) is 17.7. The van der Waals surface area contributed by atoms with Gasteiger partial charge in [-0.15, -0.1) is 0 Å². The van der Waals surface area contributed by atoms with Crippen LogP contribution in [-0.2, 0) is 21.6 Å². The number of aliphatic hydroxyl groups is 1. The Hall–Kier alpha value is -1.88. The Bertz CT molecular complexity index is 625. The van der Waals surface area contributed by atoms with E-state index in [1.807, 2.05) is 24.3 Å². The maximum absolute atomic E-state index is 12.0. The minimum Gasteiger partial charge on any atom is -0.383 e. The summed E-state index contributed by atoms with van der Waals surface area (Å²) in [5, 5.41) is 16.4. The van der Waals surface area contributed by atoms with Crippen LogP contribution in [0, 0.1) is 5.92 Å². The van der Waals surface area contributed by atoms with E-state index in [4.69, 9.17) is 0 Å². The van der Waals surface area contributed by atoms with E-state index in [1.165, 1.54) is 12.8 Å². The van der Waals surface area contributed by atoms with Crippen LogP contribution in [0.4, 0.5) is 0 Å². The Morgan fingerprint density at radius 2 is 1.84 bits per heavy atom. The first-order valence-corrected chi connectivity index (χ1v) is 9.41. The molecule has 2 amide bonds. The van der Waals surface area contributed by atoms with Gasteiger partial charge in [0.25, 0.3) is 0 Å². The van der Waals surface area contributed by atoms with Crippen LogP contribution in [0.5, 0.6) is 0 Å². The third-order valence-electron chi connectivity index (χ3n) is 5.53. The SMILES string of the molecule is O=C(CNC(=O)CC1CCCC1)NCC1(O)CCCc2ccccc21. The summed E-state index contributed by atoms with van der Waals surface area (Å²) in [6.07, 6.45) is 7.67. The quantitative estimate of drug-likeness (QED) is 0.739. The highest BCUT2D eigenvalue weighted by molar-refractivity contribution is 5.84. The first-order chi connectivity index (χ1) is 12.1. The smallest absolute Gasteiger partial charge is 0.239 e. The average molecular weight is 344 g/mol. The van der Waals surface area contributed by atoms with Gasteiger partial charge in [-0.25, -0.2) is 0 Å². The van der Waals surface area contributed by atoms with E-state index in [1.54, 1.807) is 0 Å². The van der Waals surface area contributed by atoms with Crippen LogP contribution in [0.15, 0.2) is 24.3 Å². The molecule has 0 bridgehead atoms. The van der Waals surface area contributed by atoms with Crippen molar-refractivity contribution >= 4 is 11.8 Å². The van der Waals surface area contributed by atoms with Gasteiger partial charge in [-0.05, 0) is 49.1 Å². The lowest BCUT2D eigenvalue weighted by molar-refractivity contribution is -0.127. The first-order valence-electron chi connectivity index (χ1n) is 9.41. The Labute approximate surface area is 149 Å². The standard InChI is InChI=1S/C20H28N2O3/c23-18(12-15-6-1-2-7-15)21-13-19(24)22-14-20(25)11-5-9-16-8-3-4-10-17(16)20/h3-4,8,10,15,25H,1-2,5-7,9,11-14H2,(H,21,23)(H,22,24). The Morgan fingerprint density at radius 3 is 2.64 bits per heavy atom. The number of hydrogen-bond acceptors (Lipinski definition) is 3. The van der Waals surface area contributed by atoms with Crippen molar-refractivity contribution in [2.75, 3.05) is 13.1 Å². The van der Waals surface area contributed by atoms with Gasteiger partial charge in [-0.3, -0.25) is 9.59 Å². The minimum atomic E-state index is -1.02. The topological polar surface area (TPSA) is 78.4 Å². The van der Waals surface area contributed by atoms with Crippen LogP contribution in [-0.4, -0.2) is 30.0 Å². The molecule has 3 N–H and O–H groups in total. The molecule has 1 unspecified atom stereocenters. The number of benzene rings is 1. The van der Waals surface area contributed by atoms with E-state index in [0.717, 1.165) is 36.8 Å². The molecule has 1 atom stereocenters. The number of rotatable bonds is 6. The fourth-order valence-electron chi connectivity index (χ4n) is 4.12. The van der Waals surface area contributed by atoms with E-state index >= 15 is 0 Å². The largest absolute Gasteiger partial charge is 0.383 e. The molecule has 1 aromatic rings. The van der Waals surface area contributed by atoms with Gasteiger partial charge >= 0.3 is 0 Å². The molecular weight excluding hydrogens is 316 g/mol. The molecule has 1 fully saturated rings. The van der Waals surface area contributed by atoms with Crippen molar-refractivity contribution in [3.05, 3.63) is 35.4 Å². The second-order valence-electron chi connectivity index (χ2n) is 7.45. The Morgan fingerprint density at radius 1 is 1.08 bits per heavy atom. The molecular formula is C20H28N2O3. The maximum atomic E-state index is 12.0. The highest BCUT2D eigenvalue weighted by Gasteiger charge is 2.34. The maximum Gasteiger partial charge on any atom is 0.239 e. The van der Waals surface area contributed by atoms with Crippen molar-refractivity contribution in [3.8, 4) is 0 Å². The zero-order valence-electron chi connectivity index (χ0n) is 14.7. The van der Waals surface area contributed by atoms with Crippen molar-refractivity contribution < 1.29 is 14.7 Å². The van der Waals surface area contributed by atoms with Crippen LogP contribution < -0.4 is 10.6 Å². The summed E-state index contributed by atoms with van der Waals surface area (Å²) in [4.78, 5) is 23.9. The number of nitrogens with one attached hydrogen (secondary N) is 2. The van der Waals surface area contributed by atoms with Gasteiger partial charge < -0.3 is 15.7 Å². The minimum absolute atomic E-state index is 0.0245. The number of aryl methyl sites for hydroxylation is 1. The number of amides is 2. The highest BCUT2D eigenvalue weighted by Crippen LogP contribution is 2.34. The Kier molecular flexibility index (Phi) is 5.74. The van der Waals surface area contributed by atoms with Crippen molar-refractivity contribution in [1.29, 1.82) is 0 Å². The number of carbonyl (C=O) groups is 2. The highest BCUT2D eigenvalue weighted by atomic mass is 16.3. The Balaban J connectivity index is 1.45. The molecule has 1 aromatic carbocycles. The molecule has 136 valence electrons. The van der Waals surface area contributed by atoms with E-state index in [-0.39, 0.29) is 24.9 Å². The molecule has 2 aliphatic rings. The van der Waals surface area contributed by atoms with Crippen LogP contribution in [0.1, 0.15) is 56.1 Å². The van der Waals surface area contributed by atoms with Gasteiger partial charge in [-0.2, -0.15) is 0 Å². The predicted octanol–water partition coefficient (Wildman–Crippen LogP) is 2.02. The molecule has 5 nitrogen and oxygen atoms in total. The normalized spacial score (nSPS) is 23.1. The third kappa shape index (κ3) is 4.60. The molecule has 0 spiro atoms. The summed E-state index contributed by atoms with van der Waals surface area (Å²) < 4.78 is 0. The summed E-state index contributed by atoms with van der Waals surface area (Å²) in [7, 11) is 0. The van der Waals surface area contributed by atoms with Crippen molar-refractivity contribution in [3.63, 3.8) is 0 Å². The lowest BCUT2D eigenvalue weighted by atomic mass is 9.79. The molecule has 3 rings (SSSR count). The van der Waals surface area contributed by atoms with Gasteiger partial charge in [-0.1, -0.05) is 37.1 Å². The average Bonchev–Trinajstić information content (AvgIpc) is 3.12. The third-order valence-corrected chi connectivity index (χ3v) is 5.53. The van der Waals surface area contributed by atoms with Crippen LogP contribution in [0.25, 0.3) is 0 Å². The number of hydrogen-bond donors (Lipinski definition) is 3. The van der Waals surface area contributed by atoms with Crippen LogP contribution in [0.2, 0.25) is 0 Å². The van der Waals surface area contributed by atoms with Gasteiger partial charge in [0.1, 0.15) is 5.60 Å². The molecule has 0 heterocycles. The summed E-state index contributed by atoms with van der Waals surface area (Å²) in [5.74, 6) is 0.169. The summed E-state index contributed by atoms with van der Waals surface area (Å²) in [6.45, 7) is 0.157. The predicted molar refractivity (Wildman–Crippen MR) is 95.9 cm³/mol. The van der Waals surface area contributed by atoms with Crippen molar-refractivity contribution in [2.24, 2.45) is 5.92 Å². The van der Waals surface area contributed by atoms with Crippen LogP contribution in [0.3, 0.4) is 0 Å². The van der Waals surface area contributed by atoms with Gasteiger partial charge in [0.15, 0.2) is 0 Å². The van der Waals surface area contributed by atoms with E-state index in [2.05, 4.69) is 10.6 Å². The fraction of sp³-hybridized carbons (Fsp3) is 0.600. The molecule has 0 saturated heterocycles. The lowest BCUT2D eigenvalue weighted by Crippen LogP contribution is -2.46. The fourth-order valence-corrected chi connectivity index (χ4v) is 4.12.